The summed E-state index contributed by atoms with van der Waals surface area (Å²) in [5.41, 5.74) is 3.41. The molecule has 0 atom stereocenters. The molecule has 1 nitrogen and oxygen atoms in total. The fraction of sp³-hybridized carbons (Fsp3) is 0.231. The summed E-state index contributed by atoms with van der Waals surface area (Å²) in [6.45, 7) is 6.14. The summed E-state index contributed by atoms with van der Waals surface area (Å²) in [5.74, 6) is 0. The van der Waals surface area contributed by atoms with Gasteiger partial charge in [-0.25, -0.2) is 0 Å². The molecule has 1 rings (SSSR count). The fourth-order valence-corrected chi connectivity index (χ4v) is 1.49. The zero-order valence-electron chi connectivity index (χ0n) is 9.12. The van der Waals surface area contributed by atoms with Crippen LogP contribution in [-0.4, -0.2) is 19.0 Å². The Bertz CT molecular complexity index is 334. The molecule has 0 saturated carbocycles. The molecule has 1 aromatic rings. The average molecular weight is 187 g/mol. The van der Waals surface area contributed by atoms with E-state index in [1.807, 2.05) is 39.2 Å². The zero-order chi connectivity index (χ0) is 10.6. The highest BCUT2D eigenvalue weighted by Gasteiger charge is 2.05. The third kappa shape index (κ3) is 2.25. The fourth-order valence-electron chi connectivity index (χ4n) is 1.49. The van der Waals surface area contributed by atoms with Gasteiger partial charge in [0.1, 0.15) is 0 Å². The topological polar surface area (TPSA) is 3.24 Å². The Morgan fingerprint density at radius 3 is 2.21 bits per heavy atom. The predicted molar refractivity (Wildman–Crippen MR) is 62.9 cm³/mol. The minimum absolute atomic E-state index is 1.07. The highest BCUT2D eigenvalue weighted by molar-refractivity contribution is 5.76. The summed E-state index contributed by atoms with van der Waals surface area (Å²) in [6.07, 6.45) is 2.08. The molecule has 0 saturated heterocycles. The maximum Gasteiger partial charge on any atom is 0.0391 e. The molecule has 1 heteroatoms. The van der Waals surface area contributed by atoms with Crippen molar-refractivity contribution in [3.05, 3.63) is 54.2 Å². The molecular weight excluding hydrogens is 170 g/mol. The van der Waals surface area contributed by atoms with Crippen LogP contribution in [0, 0.1) is 0 Å². The van der Waals surface area contributed by atoms with Gasteiger partial charge in [0, 0.05) is 19.8 Å². The van der Waals surface area contributed by atoms with Gasteiger partial charge in [0.15, 0.2) is 0 Å². The molecule has 0 amide bonds. The quantitative estimate of drug-likeness (QED) is 0.657. The van der Waals surface area contributed by atoms with Gasteiger partial charge in [0.25, 0.3) is 0 Å². The van der Waals surface area contributed by atoms with Crippen LogP contribution in [0.25, 0.3) is 5.57 Å². The molecule has 0 aromatic heterocycles. The maximum absolute atomic E-state index is 4.11. The van der Waals surface area contributed by atoms with E-state index in [4.69, 9.17) is 0 Å². The molecule has 0 aliphatic heterocycles. The molecule has 0 bridgehead atoms. The molecule has 1 aromatic carbocycles. The summed E-state index contributed by atoms with van der Waals surface area (Å²) in [7, 11) is 4.06. The number of benzene rings is 1. The van der Waals surface area contributed by atoms with E-state index in [0.29, 0.717) is 0 Å². The summed E-state index contributed by atoms with van der Waals surface area (Å²) in [5, 5.41) is 0. The molecule has 0 N–H and O–H groups in total. The van der Waals surface area contributed by atoms with Crippen molar-refractivity contribution < 1.29 is 0 Å². The highest BCUT2D eigenvalue weighted by Crippen LogP contribution is 2.21. The lowest BCUT2D eigenvalue weighted by molar-refractivity contribution is 0.533. The Labute approximate surface area is 86.4 Å². The van der Waals surface area contributed by atoms with E-state index in [9.17, 15) is 0 Å². The molecule has 0 aliphatic rings. The van der Waals surface area contributed by atoms with Crippen molar-refractivity contribution in [2.75, 3.05) is 14.1 Å². The van der Waals surface area contributed by atoms with E-state index in [1.54, 1.807) is 0 Å². The van der Waals surface area contributed by atoms with E-state index in [0.717, 1.165) is 11.3 Å². The van der Waals surface area contributed by atoms with Gasteiger partial charge in [-0.1, -0.05) is 43.0 Å². The number of rotatable bonds is 3. The van der Waals surface area contributed by atoms with E-state index < -0.39 is 0 Å². The Morgan fingerprint density at radius 2 is 1.79 bits per heavy atom. The monoisotopic (exact) mass is 187 g/mol. The number of likely N-dealkylation sites (N-methyl/N-ethyl adjacent to an activating group) is 1. The van der Waals surface area contributed by atoms with Crippen LogP contribution in [0.3, 0.4) is 0 Å². The lowest BCUT2D eigenvalue weighted by Crippen LogP contribution is -2.11. The second-order valence-corrected chi connectivity index (χ2v) is 3.41. The maximum atomic E-state index is 4.11. The van der Waals surface area contributed by atoms with Crippen LogP contribution in [0.4, 0.5) is 0 Å². The number of hydrogen-bond donors (Lipinski definition) is 0. The van der Waals surface area contributed by atoms with Crippen LogP contribution in [0.5, 0.6) is 0 Å². The number of nitrogens with zero attached hydrogens (tertiary/aromatic N) is 1. The molecule has 0 fully saturated rings. The molecular formula is C13H17N. The first-order valence-corrected chi connectivity index (χ1v) is 4.75. The van der Waals surface area contributed by atoms with Crippen molar-refractivity contribution in [2.24, 2.45) is 0 Å². The first kappa shape index (κ1) is 10.6. The molecule has 0 heterocycles. The smallest absolute Gasteiger partial charge is 0.0391 e. The second-order valence-electron chi connectivity index (χ2n) is 3.41. The summed E-state index contributed by atoms with van der Waals surface area (Å²) >= 11 is 0. The Hall–Kier alpha value is -1.50. The van der Waals surface area contributed by atoms with Crippen molar-refractivity contribution in [3.8, 4) is 0 Å². The molecule has 0 unspecified atom stereocenters. The predicted octanol–water partition coefficient (Wildman–Crippen LogP) is 3.17. The SMILES string of the molecule is C=C(/C(=C\C)N(C)C)c1ccccc1. The van der Waals surface area contributed by atoms with Crippen molar-refractivity contribution in [3.63, 3.8) is 0 Å². The van der Waals surface area contributed by atoms with Crippen molar-refractivity contribution >= 4 is 5.57 Å². The normalized spacial score (nSPS) is 11.2. The molecule has 0 spiro atoms. The third-order valence-corrected chi connectivity index (χ3v) is 2.19. The van der Waals surface area contributed by atoms with Gasteiger partial charge in [-0.15, -0.1) is 0 Å². The Kier molecular flexibility index (Phi) is 3.52. The van der Waals surface area contributed by atoms with Crippen LogP contribution in [0.2, 0.25) is 0 Å². The first-order chi connectivity index (χ1) is 6.66. The highest BCUT2D eigenvalue weighted by atomic mass is 15.1. The van der Waals surface area contributed by atoms with Crippen LogP contribution in [0.15, 0.2) is 48.7 Å². The largest absolute Gasteiger partial charge is 0.377 e. The van der Waals surface area contributed by atoms with E-state index in [2.05, 4.69) is 29.7 Å². The lowest BCUT2D eigenvalue weighted by Gasteiger charge is -2.19. The van der Waals surface area contributed by atoms with E-state index >= 15 is 0 Å². The lowest BCUT2D eigenvalue weighted by atomic mass is 10.0. The van der Waals surface area contributed by atoms with E-state index in [1.165, 1.54) is 5.56 Å². The Balaban J connectivity index is 2.96. The van der Waals surface area contributed by atoms with E-state index in [-0.39, 0.29) is 0 Å². The van der Waals surface area contributed by atoms with Gasteiger partial charge in [-0.05, 0) is 18.1 Å². The molecule has 0 radical (unpaired) electrons. The number of allylic oxidation sites excluding steroid dienone is 2. The van der Waals surface area contributed by atoms with Gasteiger partial charge in [0.05, 0.1) is 0 Å². The first-order valence-electron chi connectivity index (χ1n) is 4.75. The molecule has 74 valence electrons. The van der Waals surface area contributed by atoms with Crippen molar-refractivity contribution in [1.29, 1.82) is 0 Å². The third-order valence-electron chi connectivity index (χ3n) is 2.19. The summed E-state index contributed by atoms with van der Waals surface area (Å²) in [6, 6.07) is 10.2. The summed E-state index contributed by atoms with van der Waals surface area (Å²) in [4.78, 5) is 2.08. The molecule has 14 heavy (non-hydrogen) atoms. The standard InChI is InChI=1S/C13H17N/c1-5-13(14(3)4)11(2)12-9-7-6-8-10-12/h5-10H,2H2,1,3-4H3/b13-5+. The van der Waals surface area contributed by atoms with Crippen molar-refractivity contribution in [2.45, 2.75) is 6.92 Å². The van der Waals surface area contributed by atoms with Crippen molar-refractivity contribution in [1.82, 2.24) is 4.90 Å². The van der Waals surface area contributed by atoms with Gasteiger partial charge >= 0.3 is 0 Å². The van der Waals surface area contributed by atoms with Crippen LogP contribution in [0.1, 0.15) is 12.5 Å². The van der Waals surface area contributed by atoms with Gasteiger partial charge in [0.2, 0.25) is 0 Å². The number of hydrogen-bond acceptors (Lipinski definition) is 1. The van der Waals surface area contributed by atoms with Gasteiger partial charge in [-0.3, -0.25) is 0 Å². The van der Waals surface area contributed by atoms with Crippen LogP contribution >= 0.6 is 0 Å². The van der Waals surface area contributed by atoms with Crippen LogP contribution in [-0.2, 0) is 0 Å². The summed E-state index contributed by atoms with van der Waals surface area (Å²) < 4.78 is 0. The Morgan fingerprint density at radius 1 is 1.21 bits per heavy atom. The van der Waals surface area contributed by atoms with Gasteiger partial charge < -0.3 is 4.90 Å². The van der Waals surface area contributed by atoms with Gasteiger partial charge in [-0.2, -0.15) is 0 Å². The van der Waals surface area contributed by atoms with Crippen LogP contribution < -0.4 is 0 Å². The molecule has 0 aliphatic carbocycles. The minimum Gasteiger partial charge on any atom is -0.377 e. The minimum atomic E-state index is 1.07. The average Bonchev–Trinajstić information content (AvgIpc) is 2.19. The second kappa shape index (κ2) is 4.66. The zero-order valence-corrected chi connectivity index (χ0v) is 9.12.